The Morgan fingerprint density at radius 1 is 1.17 bits per heavy atom. The van der Waals surface area contributed by atoms with E-state index >= 15 is 0 Å². The molecule has 0 spiro atoms. The lowest BCUT2D eigenvalue weighted by molar-refractivity contribution is -0.0504. The van der Waals surface area contributed by atoms with Crippen molar-refractivity contribution in [2.45, 2.75) is 33.5 Å². The highest BCUT2D eigenvalue weighted by Gasteiger charge is 2.10. The zero-order valence-electron chi connectivity index (χ0n) is 16.8. The van der Waals surface area contributed by atoms with Crippen LogP contribution in [0.3, 0.4) is 0 Å². The minimum Gasteiger partial charge on any atom is -0.434 e. The first-order valence-corrected chi connectivity index (χ1v) is 9.55. The number of hydrogen-bond donors (Lipinski definition) is 2. The molecule has 7 nitrogen and oxygen atoms in total. The predicted molar refractivity (Wildman–Crippen MR) is 111 cm³/mol. The number of aryl methyl sites for hydroxylation is 1. The summed E-state index contributed by atoms with van der Waals surface area (Å²) >= 11 is 0. The van der Waals surface area contributed by atoms with Gasteiger partial charge in [0.2, 0.25) is 0 Å². The van der Waals surface area contributed by atoms with Crippen LogP contribution in [0, 0.1) is 6.92 Å². The van der Waals surface area contributed by atoms with E-state index in [9.17, 15) is 8.78 Å². The summed E-state index contributed by atoms with van der Waals surface area (Å²) in [5, 5.41) is 10.4. The molecule has 2 aromatic carbocycles. The average molecular weight is 414 g/mol. The number of guanidine groups is 1. The van der Waals surface area contributed by atoms with Gasteiger partial charge in [0, 0.05) is 18.7 Å². The molecule has 1 aromatic heterocycles. The maximum Gasteiger partial charge on any atom is 0.387 e. The van der Waals surface area contributed by atoms with Crippen LogP contribution in [0.15, 0.2) is 60.1 Å². The maximum absolute atomic E-state index is 12.7. The minimum absolute atomic E-state index is 0.155. The molecule has 30 heavy (non-hydrogen) atoms. The number of aliphatic imine (C=N–C) groups is 1. The standard InChI is InChI=1S/C21H24F2N6O/c1-3-25-21(27-12-17-10-15(2)4-9-19(17)30-20(22)23)26-11-16-5-7-18(8-6-16)29-14-24-13-28-29/h4-10,13-14,20H,3,11-12H2,1-2H3,(H2,25,26,27). The highest BCUT2D eigenvalue weighted by atomic mass is 19.3. The molecule has 0 aliphatic heterocycles. The van der Waals surface area contributed by atoms with Crippen molar-refractivity contribution < 1.29 is 13.5 Å². The summed E-state index contributed by atoms with van der Waals surface area (Å²) < 4.78 is 31.6. The molecule has 0 amide bonds. The Kier molecular flexibility index (Phi) is 7.31. The summed E-state index contributed by atoms with van der Waals surface area (Å²) in [6.45, 7) is 2.43. The zero-order valence-corrected chi connectivity index (χ0v) is 16.8. The van der Waals surface area contributed by atoms with Crippen molar-refractivity contribution in [1.29, 1.82) is 0 Å². The van der Waals surface area contributed by atoms with Crippen molar-refractivity contribution in [1.82, 2.24) is 25.4 Å². The van der Waals surface area contributed by atoms with E-state index in [4.69, 9.17) is 0 Å². The molecule has 0 atom stereocenters. The molecule has 0 unspecified atom stereocenters. The van der Waals surface area contributed by atoms with Crippen LogP contribution in [-0.2, 0) is 13.1 Å². The predicted octanol–water partition coefficient (Wildman–Crippen LogP) is 3.43. The van der Waals surface area contributed by atoms with Crippen LogP contribution in [0.1, 0.15) is 23.6 Å². The van der Waals surface area contributed by atoms with Crippen molar-refractivity contribution in [3.63, 3.8) is 0 Å². The quantitative estimate of drug-likeness (QED) is 0.436. The summed E-state index contributed by atoms with van der Waals surface area (Å²) in [6, 6.07) is 12.9. The average Bonchev–Trinajstić information content (AvgIpc) is 3.27. The third-order valence-corrected chi connectivity index (χ3v) is 4.26. The lowest BCUT2D eigenvalue weighted by Gasteiger charge is -2.15. The van der Waals surface area contributed by atoms with Gasteiger partial charge in [-0.25, -0.2) is 14.7 Å². The number of aromatic nitrogens is 3. The SMILES string of the molecule is CCNC(=NCc1ccc(-n2cncn2)cc1)NCc1cc(C)ccc1OC(F)F. The van der Waals surface area contributed by atoms with E-state index in [1.807, 2.05) is 44.2 Å². The van der Waals surface area contributed by atoms with Gasteiger partial charge in [-0.3, -0.25) is 0 Å². The van der Waals surface area contributed by atoms with Crippen molar-refractivity contribution in [2.75, 3.05) is 6.54 Å². The summed E-state index contributed by atoms with van der Waals surface area (Å²) in [5.41, 5.74) is 3.53. The molecule has 0 aliphatic rings. The van der Waals surface area contributed by atoms with Crippen LogP contribution in [0.4, 0.5) is 8.78 Å². The first-order valence-electron chi connectivity index (χ1n) is 9.55. The van der Waals surface area contributed by atoms with E-state index in [2.05, 4.69) is 30.4 Å². The topological polar surface area (TPSA) is 76.4 Å². The molecule has 0 saturated heterocycles. The Bertz CT molecular complexity index is 958. The van der Waals surface area contributed by atoms with Gasteiger partial charge in [0.05, 0.1) is 12.2 Å². The maximum atomic E-state index is 12.7. The summed E-state index contributed by atoms with van der Waals surface area (Å²) in [6.07, 6.45) is 3.12. The van der Waals surface area contributed by atoms with E-state index in [0.717, 1.165) is 16.8 Å². The molecule has 9 heteroatoms. The minimum atomic E-state index is -2.87. The molecular formula is C21H24F2N6O. The number of alkyl halides is 2. The smallest absolute Gasteiger partial charge is 0.387 e. The number of nitrogens with zero attached hydrogens (tertiary/aromatic N) is 4. The Labute approximate surface area is 173 Å². The van der Waals surface area contributed by atoms with Gasteiger partial charge in [-0.2, -0.15) is 13.9 Å². The largest absolute Gasteiger partial charge is 0.434 e. The second-order valence-corrected chi connectivity index (χ2v) is 6.54. The van der Waals surface area contributed by atoms with Gasteiger partial charge < -0.3 is 15.4 Å². The fourth-order valence-corrected chi connectivity index (χ4v) is 2.84. The second-order valence-electron chi connectivity index (χ2n) is 6.54. The van der Waals surface area contributed by atoms with E-state index < -0.39 is 6.61 Å². The van der Waals surface area contributed by atoms with Crippen LogP contribution < -0.4 is 15.4 Å². The summed E-state index contributed by atoms with van der Waals surface area (Å²) in [7, 11) is 0. The van der Waals surface area contributed by atoms with Crippen LogP contribution in [0.25, 0.3) is 5.69 Å². The van der Waals surface area contributed by atoms with Crippen molar-refractivity contribution in [3.8, 4) is 11.4 Å². The van der Waals surface area contributed by atoms with Crippen molar-refractivity contribution in [2.24, 2.45) is 4.99 Å². The normalized spacial score (nSPS) is 11.6. The number of halogens is 2. The van der Waals surface area contributed by atoms with Gasteiger partial charge in [-0.05, 0) is 37.6 Å². The fraction of sp³-hybridized carbons (Fsp3) is 0.286. The molecule has 3 rings (SSSR count). The first-order chi connectivity index (χ1) is 14.5. The number of ether oxygens (including phenoxy) is 1. The van der Waals surface area contributed by atoms with Gasteiger partial charge in [-0.1, -0.05) is 29.8 Å². The molecule has 158 valence electrons. The van der Waals surface area contributed by atoms with E-state index in [1.54, 1.807) is 23.1 Å². The van der Waals surface area contributed by atoms with Crippen LogP contribution in [0.5, 0.6) is 5.75 Å². The van der Waals surface area contributed by atoms with E-state index in [1.165, 1.54) is 6.33 Å². The summed E-state index contributed by atoms with van der Waals surface area (Å²) in [5.74, 6) is 0.741. The molecular weight excluding hydrogens is 390 g/mol. The van der Waals surface area contributed by atoms with Gasteiger partial charge >= 0.3 is 6.61 Å². The molecule has 0 saturated carbocycles. The number of rotatable bonds is 8. The van der Waals surface area contributed by atoms with Crippen LogP contribution >= 0.6 is 0 Å². The first kappa shape index (κ1) is 21.2. The Morgan fingerprint density at radius 3 is 2.63 bits per heavy atom. The fourth-order valence-electron chi connectivity index (χ4n) is 2.84. The number of hydrogen-bond acceptors (Lipinski definition) is 4. The highest BCUT2D eigenvalue weighted by Crippen LogP contribution is 2.22. The van der Waals surface area contributed by atoms with E-state index in [-0.39, 0.29) is 5.75 Å². The zero-order chi connectivity index (χ0) is 21.3. The third-order valence-electron chi connectivity index (χ3n) is 4.26. The van der Waals surface area contributed by atoms with Gasteiger partial charge in [0.25, 0.3) is 0 Å². The van der Waals surface area contributed by atoms with Gasteiger partial charge in [0.1, 0.15) is 18.4 Å². The molecule has 3 aromatic rings. The molecule has 1 heterocycles. The van der Waals surface area contributed by atoms with Crippen LogP contribution in [0.2, 0.25) is 0 Å². The molecule has 0 fully saturated rings. The Morgan fingerprint density at radius 2 is 1.97 bits per heavy atom. The van der Waals surface area contributed by atoms with Crippen LogP contribution in [-0.4, -0.2) is 33.9 Å². The third kappa shape index (κ3) is 6.00. The Hall–Kier alpha value is -3.49. The lowest BCUT2D eigenvalue weighted by atomic mass is 10.1. The van der Waals surface area contributed by atoms with Crippen molar-refractivity contribution >= 4 is 5.96 Å². The summed E-state index contributed by atoms with van der Waals surface area (Å²) in [4.78, 5) is 8.51. The molecule has 0 aliphatic carbocycles. The van der Waals surface area contributed by atoms with Gasteiger partial charge in [-0.15, -0.1) is 0 Å². The molecule has 0 bridgehead atoms. The number of benzene rings is 2. The lowest BCUT2D eigenvalue weighted by Crippen LogP contribution is -2.36. The van der Waals surface area contributed by atoms with E-state index in [0.29, 0.717) is 31.2 Å². The Balaban J connectivity index is 1.66. The second kappa shape index (κ2) is 10.3. The van der Waals surface area contributed by atoms with Crippen molar-refractivity contribution in [3.05, 3.63) is 71.8 Å². The monoisotopic (exact) mass is 414 g/mol. The highest BCUT2D eigenvalue weighted by molar-refractivity contribution is 5.79. The number of nitrogens with one attached hydrogen (secondary N) is 2. The van der Waals surface area contributed by atoms with Gasteiger partial charge in [0.15, 0.2) is 5.96 Å². The molecule has 2 N–H and O–H groups in total. The molecule has 0 radical (unpaired) electrons.